The third kappa shape index (κ3) is 7.49. The number of nitriles is 1. The van der Waals surface area contributed by atoms with E-state index in [9.17, 15) is 13.2 Å². The van der Waals surface area contributed by atoms with Gasteiger partial charge >= 0.3 is 6.18 Å². The molecular formula is C10H18F3N3. The Morgan fingerprint density at radius 3 is 2.25 bits per heavy atom. The fourth-order valence-electron chi connectivity index (χ4n) is 1.35. The molecule has 0 aliphatic carbocycles. The molecule has 0 heterocycles. The summed E-state index contributed by atoms with van der Waals surface area (Å²) in [5.41, 5.74) is 0. The van der Waals surface area contributed by atoms with Gasteiger partial charge in [0.25, 0.3) is 0 Å². The predicted molar refractivity (Wildman–Crippen MR) is 55.8 cm³/mol. The number of nitrogens with one attached hydrogen (secondary N) is 1. The fraction of sp³-hybridized carbons (Fsp3) is 0.900. The highest BCUT2D eigenvalue weighted by Crippen LogP contribution is 2.16. The molecule has 0 bridgehead atoms. The van der Waals surface area contributed by atoms with Crippen molar-refractivity contribution in [1.29, 1.82) is 5.26 Å². The largest absolute Gasteiger partial charge is 0.401 e. The number of likely N-dealkylation sites (N-methyl/N-ethyl adjacent to an activating group) is 1. The van der Waals surface area contributed by atoms with E-state index in [-0.39, 0.29) is 19.1 Å². The smallest absolute Gasteiger partial charge is 0.299 e. The molecule has 0 aromatic heterocycles. The van der Waals surface area contributed by atoms with Crippen LogP contribution in [0.5, 0.6) is 0 Å². The van der Waals surface area contributed by atoms with Gasteiger partial charge in [-0.25, -0.2) is 0 Å². The summed E-state index contributed by atoms with van der Waals surface area (Å²) < 4.78 is 36.5. The van der Waals surface area contributed by atoms with Gasteiger partial charge < -0.3 is 0 Å². The Kier molecular flexibility index (Phi) is 6.38. The molecule has 0 aromatic rings. The van der Waals surface area contributed by atoms with E-state index in [2.05, 4.69) is 5.32 Å². The van der Waals surface area contributed by atoms with Crippen molar-refractivity contribution in [3.8, 4) is 6.07 Å². The standard InChI is InChI=1S/C10H18F3N3/c1-4-16(7-10(11,12)13)6-9(5-14)15-8(2)3/h8-9,15H,4,6-7H2,1-3H3. The summed E-state index contributed by atoms with van der Waals surface area (Å²) in [5, 5.41) is 11.7. The van der Waals surface area contributed by atoms with Gasteiger partial charge in [-0.15, -0.1) is 0 Å². The molecule has 1 atom stereocenters. The topological polar surface area (TPSA) is 39.1 Å². The molecule has 6 heteroatoms. The van der Waals surface area contributed by atoms with Gasteiger partial charge in [-0.1, -0.05) is 6.92 Å². The van der Waals surface area contributed by atoms with Crippen molar-refractivity contribution in [2.24, 2.45) is 0 Å². The van der Waals surface area contributed by atoms with Crippen molar-refractivity contribution in [1.82, 2.24) is 10.2 Å². The van der Waals surface area contributed by atoms with Crippen LogP contribution in [0.4, 0.5) is 13.2 Å². The summed E-state index contributed by atoms with van der Waals surface area (Å²) in [6, 6.07) is 1.47. The molecule has 3 nitrogen and oxygen atoms in total. The zero-order valence-electron chi connectivity index (χ0n) is 9.80. The summed E-state index contributed by atoms with van der Waals surface area (Å²) in [6.45, 7) is 4.74. The molecule has 0 spiro atoms. The van der Waals surface area contributed by atoms with E-state index in [1.807, 2.05) is 19.9 Å². The Morgan fingerprint density at radius 2 is 1.94 bits per heavy atom. The highest BCUT2D eigenvalue weighted by Gasteiger charge is 2.30. The summed E-state index contributed by atoms with van der Waals surface area (Å²) in [4.78, 5) is 1.21. The van der Waals surface area contributed by atoms with Gasteiger partial charge in [-0.3, -0.25) is 10.2 Å². The lowest BCUT2D eigenvalue weighted by molar-refractivity contribution is -0.145. The number of rotatable bonds is 6. The van der Waals surface area contributed by atoms with Crippen LogP contribution in [0.2, 0.25) is 0 Å². The lowest BCUT2D eigenvalue weighted by atomic mass is 10.2. The number of hydrogen-bond acceptors (Lipinski definition) is 3. The first-order chi connectivity index (χ1) is 7.28. The molecule has 94 valence electrons. The van der Waals surface area contributed by atoms with Crippen LogP contribution >= 0.6 is 0 Å². The van der Waals surface area contributed by atoms with Crippen molar-refractivity contribution < 1.29 is 13.2 Å². The Hall–Kier alpha value is -0.800. The number of alkyl halides is 3. The lowest BCUT2D eigenvalue weighted by Crippen LogP contribution is -2.45. The third-order valence-electron chi connectivity index (χ3n) is 1.98. The average Bonchev–Trinajstić information content (AvgIpc) is 2.12. The molecule has 0 saturated carbocycles. The molecule has 1 unspecified atom stereocenters. The molecule has 0 aliphatic rings. The zero-order chi connectivity index (χ0) is 12.8. The first-order valence-corrected chi connectivity index (χ1v) is 5.23. The van der Waals surface area contributed by atoms with Crippen molar-refractivity contribution >= 4 is 0 Å². The van der Waals surface area contributed by atoms with E-state index in [1.54, 1.807) is 6.92 Å². The highest BCUT2D eigenvalue weighted by atomic mass is 19.4. The van der Waals surface area contributed by atoms with Crippen LogP contribution in [-0.4, -0.2) is 42.8 Å². The SMILES string of the molecule is CCN(CC(C#N)NC(C)C)CC(F)(F)F. The lowest BCUT2D eigenvalue weighted by Gasteiger charge is -2.25. The summed E-state index contributed by atoms with van der Waals surface area (Å²) in [5.74, 6) is 0. The summed E-state index contributed by atoms with van der Waals surface area (Å²) in [7, 11) is 0. The van der Waals surface area contributed by atoms with Gasteiger partial charge in [0.2, 0.25) is 0 Å². The first kappa shape index (κ1) is 15.2. The van der Waals surface area contributed by atoms with E-state index in [4.69, 9.17) is 5.26 Å². The number of hydrogen-bond donors (Lipinski definition) is 1. The van der Waals surface area contributed by atoms with Gasteiger partial charge in [-0.05, 0) is 20.4 Å². The predicted octanol–water partition coefficient (Wildman–Crippen LogP) is 1.76. The molecule has 0 aromatic carbocycles. The molecule has 0 rings (SSSR count). The first-order valence-electron chi connectivity index (χ1n) is 5.23. The van der Waals surface area contributed by atoms with Gasteiger partial charge in [0.1, 0.15) is 6.04 Å². The number of halogens is 3. The second kappa shape index (κ2) is 6.71. The van der Waals surface area contributed by atoms with Crippen LogP contribution < -0.4 is 5.32 Å². The summed E-state index contributed by atoms with van der Waals surface area (Å²) >= 11 is 0. The van der Waals surface area contributed by atoms with E-state index in [1.165, 1.54) is 4.90 Å². The maximum atomic E-state index is 12.2. The summed E-state index contributed by atoms with van der Waals surface area (Å²) in [6.07, 6.45) is -4.21. The average molecular weight is 237 g/mol. The molecule has 0 fully saturated rings. The quantitative estimate of drug-likeness (QED) is 0.765. The minimum Gasteiger partial charge on any atom is -0.299 e. The van der Waals surface area contributed by atoms with Crippen LogP contribution in [0.25, 0.3) is 0 Å². The molecule has 0 aliphatic heterocycles. The van der Waals surface area contributed by atoms with Gasteiger partial charge in [-0.2, -0.15) is 18.4 Å². The van der Waals surface area contributed by atoms with Gasteiger partial charge in [0.05, 0.1) is 12.6 Å². The molecule has 0 radical (unpaired) electrons. The minimum absolute atomic E-state index is 0.0780. The maximum absolute atomic E-state index is 12.2. The van der Waals surface area contributed by atoms with Crippen LogP contribution in [0.1, 0.15) is 20.8 Å². The second-order valence-electron chi connectivity index (χ2n) is 3.95. The van der Waals surface area contributed by atoms with Crippen LogP contribution in [0.15, 0.2) is 0 Å². The Morgan fingerprint density at radius 1 is 1.38 bits per heavy atom. The van der Waals surface area contributed by atoms with Crippen molar-refractivity contribution in [2.45, 2.75) is 39.0 Å². The zero-order valence-corrected chi connectivity index (χ0v) is 9.80. The molecule has 0 saturated heterocycles. The minimum atomic E-state index is -4.21. The fourth-order valence-corrected chi connectivity index (χ4v) is 1.35. The van der Waals surface area contributed by atoms with Crippen LogP contribution in [0, 0.1) is 11.3 Å². The Bertz CT molecular complexity index is 232. The van der Waals surface area contributed by atoms with Crippen LogP contribution in [-0.2, 0) is 0 Å². The Balaban J connectivity index is 4.24. The van der Waals surface area contributed by atoms with Crippen LogP contribution in [0.3, 0.4) is 0 Å². The third-order valence-corrected chi connectivity index (χ3v) is 1.98. The molecular weight excluding hydrogens is 219 g/mol. The van der Waals surface area contributed by atoms with Gasteiger partial charge in [0.15, 0.2) is 0 Å². The molecule has 16 heavy (non-hydrogen) atoms. The number of nitrogens with zero attached hydrogens (tertiary/aromatic N) is 2. The van der Waals surface area contributed by atoms with Gasteiger partial charge in [0, 0.05) is 12.6 Å². The van der Waals surface area contributed by atoms with E-state index in [0.29, 0.717) is 0 Å². The molecule has 1 N–H and O–H groups in total. The monoisotopic (exact) mass is 237 g/mol. The van der Waals surface area contributed by atoms with Crippen molar-refractivity contribution in [3.63, 3.8) is 0 Å². The van der Waals surface area contributed by atoms with Crippen molar-refractivity contribution in [3.05, 3.63) is 0 Å². The maximum Gasteiger partial charge on any atom is 0.401 e. The molecule has 0 amide bonds. The Labute approximate surface area is 94.2 Å². The van der Waals surface area contributed by atoms with E-state index in [0.717, 1.165) is 0 Å². The normalized spacial score (nSPS) is 14.2. The van der Waals surface area contributed by atoms with E-state index < -0.39 is 18.8 Å². The highest BCUT2D eigenvalue weighted by molar-refractivity contribution is 4.93. The second-order valence-corrected chi connectivity index (χ2v) is 3.95. The van der Waals surface area contributed by atoms with Crippen molar-refractivity contribution in [2.75, 3.05) is 19.6 Å². The van der Waals surface area contributed by atoms with E-state index >= 15 is 0 Å².